The third-order valence-electron chi connectivity index (χ3n) is 8.57. The number of pyridine rings is 2. The van der Waals surface area contributed by atoms with Crippen LogP contribution < -0.4 is 9.64 Å². The zero-order valence-electron chi connectivity index (χ0n) is 22.7. The van der Waals surface area contributed by atoms with Crippen LogP contribution in [-0.4, -0.2) is 62.1 Å². The lowest BCUT2D eigenvalue weighted by Gasteiger charge is -2.54. The third-order valence-corrected chi connectivity index (χ3v) is 8.57. The fraction of sp³-hybridized carbons (Fsp3) is 0.333. The number of anilines is 1. The Bertz CT molecular complexity index is 1770. The first-order valence-electron chi connectivity index (χ1n) is 13.7. The van der Waals surface area contributed by atoms with Gasteiger partial charge in [0, 0.05) is 67.4 Å². The van der Waals surface area contributed by atoms with Crippen LogP contribution in [0.2, 0.25) is 0 Å². The summed E-state index contributed by atoms with van der Waals surface area (Å²) in [5, 5.41) is 8.48. The first-order valence-corrected chi connectivity index (χ1v) is 13.7. The van der Waals surface area contributed by atoms with Crippen molar-refractivity contribution in [3.05, 3.63) is 66.1 Å². The predicted molar refractivity (Wildman–Crippen MR) is 151 cm³/mol. The maximum absolute atomic E-state index is 14.7. The number of nitrogens with one attached hydrogen (secondary N) is 2. The fourth-order valence-electron chi connectivity index (χ4n) is 6.26. The van der Waals surface area contributed by atoms with Gasteiger partial charge in [0.05, 0.1) is 17.1 Å². The molecule has 1 spiro atoms. The lowest BCUT2D eigenvalue weighted by molar-refractivity contribution is -0.131. The molecule has 0 aliphatic carbocycles. The molecule has 0 saturated carbocycles. The zero-order valence-corrected chi connectivity index (χ0v) is 22.7. The number of hydrogen-bond donors (Lipinski definition) is 2. The van der Waals surface area contributed by atoms with Crippen molar-refractivity contribution in [3.63, 3.8) is 0 Å². The van der Waals surface area contributed by atoms with E-state index >= 15 is 0 Å². The standard InChI is InChI=1S/C30H29F2N7O2/c1-17(26-22(31)13-34-29-27(26)23(32)14-35-29)41-20-4-5-24-21(11-20)28(37-36-24)19-3-6-25(33-12-19)39-15-30(16-39)7-9-38(10-8-30)18(2)40/h3-6,11-14,17H,7-10,15-16H2,1-2H3,(H,34,35)(H,36,37). The van der Waals surface area contributed by atoms with Gasteiger partial charge in [0.1, 0.15) is 34.8 Å². The molecule has 2 N–H and O–H groups in total. The van der Waals surface area contributed by atoms with E-state index in [1.807, 2.05) is 35.4 Å². The van der Waals surface area contributed by atoms with Crippen LogP contribution in [0, 0.1) is 17.0 Å². The van der Waals surface area contributed by atoms with Crippen molar-refractivity contribution >= 4 is 33.7 Å². The number of aromatic amines is 2. The summed E-state index contributed by atoms with van der Waals surface area (Å²) < 4.78 is 35.2. The van der Waals surface area contributed by atoms with Gasteiger partial charge in [-0.1, -0.05) is 0 Å². The Hall–Kier alpha value is -4.54. The molecule has 41 heavy (non-hydrogen) atoms. The largest absolute Gasteiger partial charge is 0.486 e. The maximum atomic E-state index is 14.7. The minimum absolute atomic E-state index is 0.0865. The molecule has 1 unspecified atom stereocenters. The topological polar surface area (TPSA) is 103 Å². The number of hydrogen-bond acceptors (Lipinski definition) is 6. The lowest BCUT2D eigenvalue weighted by atomic mass is 9.72. The molecule has 1 atom stereocenters. The highest BCUT2D eigenvalue weighted by Crippen LogP contribution is 2.42. The molecule has 7 rings (SSSR count). The van der Waals surface area contributed by atoms with Crippen LogP contribution in [0.3, 0.4) is 0 Å². The Morgan fingerprint density at radius 1 is 1.07 bits per heavy atom. The number of ether oxygens (including phenoxy) is 1. The van der Waals surface area contributed by atoms with Crippen LogP contribution in [-0.2, 0) is 4.79 Å². The summed E-state index contributed by atoms with van der Waals surface area (Å²) in [7, 11) is 0. The molecule has 210 valence electrons. The lowest BCUT2D eigenvalue weighted by Crippen LogP contribution is -2.61. The normalized spacial score (nSPS) is 17.3. The Morgan fingerprint density at radius 2 is 1.88 bits per heavy atom. The predicted octanol–water partition coefficient (Wildman–Crippen LogP) is 5.37. The molecule has 2 aliphatic heterocycles. The van der Waals surface area contributed by atoms with Crippen molar-refractivity contribution in [2.75, 3.05) is 31.1 Å². The van der Waals surface area contributed by atoms with Crippen LogP contribution >= 0.6 is 0 Å². The number of carbonyl (C=O) groups is 1. The first kappa shape index (κ1) is 25.4. The van der Waals surface area contributed by atoms with Crippen molar-refractivity contribution in [1.82, 2.24) is 30.0 Å². The molecule has 1 amide bonds. The molecule has 2 fully saturated rings. The number of carbonyl (C=O) groups excluding carboxylic acids is 1. The first-order chi connectivity index (χ1) is 19.8. The number of piperidine rings is 1. The summed E-state index contributed by atoms with van der Waals surface area (Å²) in [6.45, 7) is 6.88. The number of nitrogens with zero attached hydrogens (tertiary/aromatic N) is 5. The van der Waals surface area contributed by atoms with Crippen LogP contribution in [0.15, 0.2) is 48.9 Å². The number of H-pyrrole nitrogens is 2. The molecule has 2 aliphatic rings. The van der Waals surface area contributed by atoms with E-state index in [0.717, 1.165) is 79.4 Å². The van der Waals surface area contributed by atoms with E-state index in [4.69, 9.17) is 9.72 Å². The highest BCUT2D eigenvalue weighted by atomic mass is 19.1. The van der Waals surface area contributed by atoms with Gasteiger partial charge in [0.15, 0.2) is 5.82 Å². The molecule has 9 nitrogen and oxygen atoms in total. The van der Waals surface area contributed by atoms with E-state index in [1.54, 1.807) is 19.9 Å². The summed E-state index contributed by atoms with van der Waals surface area (Å²) in [6, 6.07) is 9.48. The summed E-state index contributed by atoms with van der Waals surface area (Å²) >= 11 is 0. The molecule has 6 heterocycles. The van der Waals surface area contributed by atoms with Gasteiger partial charge < -0.3 is 19.5 Å². The Labute approximate surface area is 234 Å². The second kappa shape index (κ2) is 9.53. The minimum Gasteiger partial charge on any atom is -0.486 e. The van der Waals surface area contributed by atoms with Crippen molar-refractivity contribution in [1.29, 1.82) is 0 Å². The quantitative estimate of drug-likeness (QED) is 0.301. The van der Waals surface area contributed by atoms with Crippen LogP contribution in [0.4, 0.5) is 14.6 Å². The highest BCUT2D eigenvalue weighted by molar-refractivity contribution is 5.93. The van der Waals surface area contributed by atoms with Crippen LogP contribution in [0.25, 0.3) is 33.2 Å². The SMILES string of the molecule is CC(=O)N1CCC2(CC1)CN(c1ccc(-c3n[nH]c4ccc(OC(C)c5c(F)cnc6[nH]cc(F)c56)cc34)cn1)C2. The van der Waals surface area contributed by atoms with Gasteiger partial charge in [0.25, 0.3) is 0 Å². The van der Waals surface area contributed by atoms with E-state index in [1.165, 1.54) is 0 Å². The smallest absolute Gasteiger partial charge is 0.219 e. The number of aromatic nitrogens is 5. The number of benzene rings is 1. The second-order valence-corrected chi connectivity index (χ2v) is 11.2. The zero-order chi connectivity index (χ0) is 28.3. The van der Waals surface area contributed by atoms with Crippen LogP contribution in [0.1, 0.15) is 38.4 Å². The number of amides is 1. The van der Waals surface area contributed by atoms with Gasteiger partial charge in [-0.2, -0.15) is 5.10 Å². The van der Waals surface area contributed by atoms with Crippen molar-refractivity contribution in [2.24, 2.45) is 5.41 Å². The summed E-state index contributed by atoms with van der Waals surface area (Å²) in [4.78, 5) is 27.2. The summed E-state index contributed by atoms with van der Waals surface area (Å²) in [5.41, 5.74) is 3.05. The third kappa shape index (κ3) is 4.36. The second-order valence-electron chi connectivity index (χ2n) is 11.2. The molecule has 2 saturated heterocycles. The molecular weight excluding hydrogens is 528 g/mol. The van der Waals surface area contributed by atoms with E-state index in [-0.39, 0.29) is 27.9 Å². The van der Waals surface area contributed by atoms with Crippen molar-refractivity contribution in [3.8, 4) is 17.0 Å². The molecular formula is C30H29F2N7O2. The monoisotopic (exact) mass is 557 g/mol. The Morgan fingerprint density at radius 3 is 2.61 bits per heavy atom. The number of rotatable bonds is 5. The van der Waals surface area contributed by atoms with Crippen LogP contribution in [0.5, 0.6) is 5.75 Å². The summed E-state index contributed by atoms with van der Waals surface area (Å²) in [6.07, 6.45) is 5.34. The number of fused-ring (bicyclic) bond motifs is 2. The van der Waals surface area contributed by atoms with E-state index in [9.17, 15) is 13.6 Å². The maximum Gasteiger partial charge on any atom is 0.219 e. The van der Waals surface area contributed by atoms with Gasteiger partial charge in [-0.3, -0.25) is 9.89 Å². The molecule has 4 aromatic heterocycles. The average Bonchev–Trinajstić information content (AvgIpc) is 3.55. The van der Waals surface area contributed by atoms with Gasteiger partial charge in [-0.25, -0.2) is 18.7 Å². The number of halogens is 2. The average molecular weight is 558 g/mol. The van der Waals surface area contributed by atoms with Crippen molar-refractivity contribution in [2.45, 2.75) is 32.8 Å². The van der Waals surface area contributed by atoms with Crippen molar-refractivity contribution < 1.29 is 18.3 Å². The Kier molecular flexibility index (Phi) is 5.91. The summed E-state index contributed by atoms with van der Waals surface area (Å²) in [5.74, 6) is 0.374. The van der Waals surface area contributed by atoms with E-state index < -0.39 is 17.7 Å². The van der Waals surface area contributed by atoms with Gasteiger partial charge >= 0.3 is 0 Å². The molecule has 1 aromatic carbocycles. The molecule has 0 bridgehead atoms. The Balaban J connectivity index is 1.08. The highest BCUT2D eigenvalue weighted by Gasteiger charge is 2.45. The molecule has 5 aromatic rings. The minimum atomic E-state index is -0.769. The van der Waals surface area contributed by atoms with Gasteiger partial charge in [0.2, 0.25) is 5.91 Å². The fourth-order valence-corrected chi connectivity index (χ4v) is 6.26. The van der Waals surface area contributed by atoms with E-state index in [2.05, 4.69) is 25.1 Å². The van der Waals surface area contributed by atoms with Gasteiger partial charge in [-0.05, 0) is 50.1 Å². The van der Waals surface area contributed by atoms with Gasteiger partial charge in [-0.15, -0.1) is 0 Å². The van der Waals surface area contributed by atoms with E-state index in [0.29, 0.717) is 5.75 Å². The molecule has 11 heteroatoms. The molecule has 0 radical (unpaired) electrons. The number of likely N-dealkylation sites (tertiary alicyclic amines) is 1.